The molecule has 0 aliphatic rings. The molecule has 0 aliphatic carbocycles. The SMILES string of the molecule is CC(C)(C)CCn1cnc(/C=C/CCCN(C(=O)OC(C)(C)C)C(=O)OC(C)(C)C)c1. The van der Waals surface area contributed by atoms with Gasteiger partial charge in [-0.3, -0.25) is 0 Å². The first-order valence-corrected chi connectivity index (χ1v) is 11.0. The van der Waals surface area contributed by atoms with E-state index in [9.17, 15) is 9.59 Å². The van der Waals surface area contributed by atoms with Crippen molar-refractivity contribution in [2.24, 2.45) is 5.41 Å². The fourth-order valence-electron chi connectivity index (χ4n) is 2.51. The third kappa shape index (κ3) is 12.2. The molecule has 0 aliphatic heterocycles. The fraction of sp³-hybridized carbons (Fsp3) is 0.708. The van der Waals surface area contributed by atoms with E-state index in [0.29, 0.717) is 12.8 Å². The van der Waals surface area contributed by atoms with E-state index >= 15 is 0 Å². The highest BCUT2D eigenvalue weighted by atomic mass is 16.6. The summed E-state index contributed by atoms with van der Waals surface area (Å²) >= 11 is 0. The largest absolute Gasteiger partial charge is 0.443 e. The number of aromatic nitrogens is 2. The minimum absolute atomic E-state index is 0.216. The Kier molecular flexibility index (Phi) is 9.33. The summed E-state index contributed by atoms with van der Waals surface area (Å²) < 4.78 is 12.8. The van der Waals surface area contributed by atoms with Crippen molar-refractivity contribution in [1.29, 1.82) is 0 Å². The zero-order chi connectivity index (χ0) is 23.9. The van der Waals surface area contributed by atoms with Crippen molar-refractivity contribution in [2.75, 3.05) is 6.54 Å². The lowest BCUT2D eigenvalue weighted by atomic mass is 9.92. The number of amides is 2. The van der Waals surface area contributed by atoms with Crippen LogP contribution in [0.2, 0.25) is 0 Å². The minimum atomic E-state index is -0.691. The van der Waals surface area contributed by atoms with Crippen molar-refractivity contribution in [1.82, 2.24) is 14.5 Å². The van der Waals surface area contributed by atoms with E-state index in [0.717, 1.165) is 23.6 Å². The molecule has 1 aromatic rings. The highest BCUT2D eigenvalue weighted by Crippen LogP contribution is 2.19. The third-order valence-electron chi connectivity index (χ3n) is 4.04. The van der Waals surface area contributed by atoms with E-state index in [1.54, 1.807) is 41.5 Å². The number of ether oxygens (including phenoxy) is 2. The van der Waals surface area contributed by atoms with Crippen LogP contribution in [0.1, 0.15) is 87.3 Å². The van der Waals surface area contributed by atoms with Crippen molar-refractivity contribution in [3.05, 3.63) is 24.3 Å². The number of carbonyl (C=O) groups excluding carboxylic acids is 2. The van der Waals surface area contributed by atoms with Crippen LogP contribution in [-0.4, -0.2) is 44.4 Å². The Hall–Kier alpha value is -2.31. The summed E-state index contributed by atoms with van der Waals surface area (Å²) in [6.07, 6.45) is 8.81. The van der Waals surface area contributed by atoms with Gasteiger partial charge in [-0.2, -0.15) is 0 Å². The van der Waals surface area contributed by atoms with Crippen molar-refractivity contribution in [3.63, 3.8) is 0 Å². The maximum Gasteiger partial charge on any atom is 0.419 e. The summed E-state index contributed by atoms with van der Waals surface area (Å²) in [6, 6.07) is 0. The predicted octanol–water partition coefficient (Wildman–Crippen LogP) is 6.28. The highest BCUT2D eigenvalue weighted by Gasteiger charge is 2.30. The van der Waals surface area contributed by atoms with Gasteiger partial charge in [0.05, 0.1) is 12.0 Å². The van der Waals surface area contributed by atoms with Crippen LogP contribution in [0, 0.1) is 5.41 Å². The number of unbranched alkanes of at least 4 members (excludes halogenated alkanes) is 1. The average molecular weight is 436 g/mol. The molecular formula is C24H41N3O4. The van der Waals surface area contributed by atoms with E-state index in [-0.39, 0.29) is 12.0 Å². The first-order chi connectivity index (χ1) is 14.1. The molecule has 0 N–H and O–H groups in total. The number of hydrogen-bond donors (Lipinski definition) is 0. The summed E-state index contributed by atoms with van der Waals surface area (Å²) in [5, 5.41) is 0. The molecule has 176 valence electrons. The van der Waals surface area contributed by atoms with Crippen LogP contribution < -0.4 is 0 Å². The first kappa shape index (κ1) is 26.7. The van der Waals surface area contributed by atoms with Gasteiger partial charge in [-0.15, -0.1) is 0 Å². The molecule has 31 heavy (non-hydrogen) atoms. The van der Waals surface area contributed by atoms with Gasteiger partial charge >= 0.3 is 12.2 Å². The number of imidazole rings is 1. The number of aryl methyl sites for hydroxylation is 1. The first-order valence-electron chi connectivity index (χ1n) is 11.0. The summed E-state index contributed by atoms with van der Waals surface area (Å²) in [4.78, 5) is 30.4. The molecule has 7 nitrogen and oxygen atoms in total. The van der Waals surface area contributed by atoms with Gasteiger partial charge in [0, 0.05) is 19.3 Å². The standard InChI is InChI=1S/C24H41N3O4/c1-22(2,3)14-16-26-17-19(25-18-26)13-11-10-12-15-27(20(28)30-23(4,5)6)21(29)31-24(7,8)9/h11,13,17-18H,10,12,14-16H2,1-9H3/b13-11+. The second-order valence-electron chi connectivity index (χ2n) is 11.0. The second-order valence-corrected chi connectivity index (χ2v) is 11.0. The molecule has 0 bridgehead atoms. The maximum absolute atomic E-state index is 12.5. The fourth-order valence-corrected chi connectivity index (χ4v) is 2.51. The quantitative estimate of drug-likeness (QED) is 0.471. The van der Waals surface area contributed by atoms with Crippen LogP contribution in [0.25, 0.3) is 6.08 Å². The lowest BCUT2D eigenvalue weighted by molar-refractivity contribution is 0.00133. The van der Waals surface area contributed by atoms with Crippen molar-refractivity contribution in [2.45, 2.75) is 99.3 Å². The molecule has 0 saturated heterocycles. The topological polar surface area (TPSA) is 73.7 Å². The molecule has 0 spiro atoms. The molecular weight excluding hydrogens is 394 g/mol. The molecule has 0 fully saturated rings. The van der Waals surface area contributed by atoms with E-state index in [1.165, 1.54) is 0 Å². The Bertz CT molecular complexity index is 718. The number of hydrogen-bond acceptors (Lipinski definition) is 5. The lowest BCUT2D eigenvalue weighted by Crippen LogP contribution is -2.44. The predicted molar refractivity (Wildman–Crippen MR) is 124 cm³/mol. The number of imide groups is 1. The van der Waals surface area contributed by atoms with Crippen LogP contribution in [0.5, 0.6) is 0 Å². The second kappa shape index (κ2) is 10.8. The van der Waals surface area contributed by atoms with Crippen molar-refractivity contribution < 1.29 is 19.1 Å². The Morgan fingerprint density at radius 2 is 1.55 bits per heavy atom. The highest BCUT2D eigenvalue weighted by molar-refractivity contribution is 5.88. The van der Waals surface area contributed by atoms with Crippen molar-refractivity contribution in [3.8, 4) is 0 Å². The van der Waals surface area contributed by atoms with Gasteiger partial charge in [0.15, 0.2) is 0 Å². The Morgan fingerprint density at radius 1 is 1.00 bits per heavy atom. The van der Waals surface area contributed by atoms with Gasteiger partial charge in [-0.05, 0) is 72.3 Å². The van der Waals surface area contributed by atoms with E-state index in [2.05, 4.69) is 30.3 Å². The number of carbonyl (C=O) groups is 2. The van der Waals surface area contributed by atoms with Gasteiger partial charge < -0.3 is 14.0 Å². The van der Waals surface area contributed by atoms with E-state index in [4.69, 9.17) is 9.47 Å². The molecule has 1 heterocycles. The van der Waals surface area contributed by atoms with E-state index in [1.807, 2.05) is 24.7 Å². The summed E-state index contributed by atoms with van der Waals surface area (Å²) in [5.74, 6) is 0. The average Bonchev–Trinajstić information content (AvgIpc) is 3.00. The molecule has 2 amide bonds. The van der Waals surface area contributed by atoms with Crippen LogP contribution in [-0.2, 0) is 16.0 Å². The molecule has 0 aromatic carbocycles. The summed E-state index contributed by atoms with van der Waals surface area (Å²) in [7, 11) is 0. The molecule has 1 rings (SSSR count). The molecule has 0 saturated carbocycles. The molecule has 7 heteroatoms. The van der Waals surface area contributed by atoms with E-state index < -0.39 is 23.4 Å². The van der Waals surface area contributed by atoms with Gasteiger partial charge in [-0.25, -0.2) is 19.5 Å². The number of nitrogens with zero attached hydrogens (tertiary/aromatic N) is 3. The molecule has 0 unspecified atom stereocenters. The summed E-state index contributed by atoms with van der Waals surface area (Å²) in [6.45, 7) is 18.4. The molecule has 1 aromatic heterocycles. The smallest absolute Gasteiger partial charge is 0.419 e. The summed E-state index contributed by atoms with van der Waals surface area (Å²) in [5.41, 5.74) is -0.203. The minimum Gasteiger partial charge on any atom is -0.443 e. The zero-order valence-electron chi connectivity index (χ0n) is 20.8. The van der Waals surface area contributed by atoms with Crippen LogP contribution in [0.15, 0.2) is 18.6 Å². The normalized spacial score (nSPS) is 12.8. The van der Waals surface area contributed by atoms with Gasteiger partial charge in [0.2, 0.25) is 0 Å². The Morgan fingerprint density at radius 3 is 2.03 bits per heavy atom. The third-order valence-corrected chi connectivity index (χ3v) is 4.04. The van der Waals surface area contributed by atoms with Crippen LogP contribution >= 0.6 is 0 Å². The van der Waals surface area contributed by atoms with Gasteiger partial charge in [0.25, 0.3) is 0 Å². The monoisotopic (exact) mass is 435 g/mol. The van der Waals surface area contributed by atoms with Gasteiger partial charge in [0.1, 0.15) is 11.2 Å². The van der Waals surface area contributed by atoms with Crippen LogP contribution in [0.3, 0.4) is 0 Å². The molecule has 0 radical (unpaired) electrons. The van der Waals surface area contributed by atoms with Crippen LogP contribution in [0.4, 0.5) is 9.59 Å². The maximum atomic E-state index is 12.5. The Labute approximate surface area is 187 Å². The van der Waals surface area contributed by atoms with Crippen molar-refractivity contribution >= 4 is 18.3 Å². The Balaban J connectivity index is 2.61. The number of rotatable bonds is 7. The lowest BCUT2D eigenvalue weighted by Gasteiger charge is -2.28. The molecule has 0 atom stereocenters. The van der Waals surface area contributed by atoms with Gasteiger partial charge in [-0.1, -0.05) is 26.8 Å². The zero-order valence-corrected chi connectivity index (χ0v) is 20.8. The number of allylic oxidation sites excluding steroid dienone is 1.